The van der Waals surface area contributed by atoms with Gasteiger partial charge in [-0.3, -0.25) is 0 Å². The summed E-state index contributed by atoms with van der Waals surface area (Å²) in [5, 5.41) is 8.89. The van der Waals surface area contributed by atoms with E-state index in [0.29, 0.717) is 22.4 Å². The lowest BCUT2D eigenvalue weighted by molar-refractivity contribution is 0.00945. The molecule has 4 heteroatoms. The van der Waals surface area contributed by atoms with E-state index in [9.17, 15) is 4.79 Å². The average Bonchev–Trinajstić information content (AvgIpc) is 2.48. The number of benzene rings is 1. The molecule has 82 valence electrons. The van der Waals surface area contributed by atoms with Crippen molar-refractivity contribution in [3.8, 4) is 11.8 Å². The van der Waals surface area contributed by atoms with Crippen LogP contribution in [0.3, 0.4) is 0 Å². The number of methoxy groups -OCH3 is 1. The summed E-state index contributed by atoms with van der Waals surface area (Å²) in [5.74, 6) is -0.00837. The standard InChI is InChI=1S/C12H11NO3/c1-12(2)8-4-7(6-13)5-9(15-3)10(8)11(14)16-12/h4-5H,1-3H3. The molecular formula is C12H11NO3. The second-order valence-corrected chi connectivity index (χ2v) is 4.11. The molecule has 0 fully saturated rings. The Labute approximate surface area is 93.4 Å². The van der Waals surface area contributed by atoms with Crippen molar-refractivity contribution >= 4 is 5.97 Å². The predicted octanol–water partition coefficient (Wildman–Crippen LogP) is 1.97. The van der Waals surface area contributed by atoms with Crippen LogP contribution in [0.4, 0.5) is 0 Å². The number of ether oxygens (including phenoxy) is 2. The summed E-state index contributed by atoms with van der Waals surface area (Å²) < 4.78 is 10.3. The zero-order valence-electron chi connectivity index (χ0n) is 9.33. The van der Waals surface area contributed by atoms with Gasteiger partial charge in [0.25, 0.3) is 0 Å². The van der Waals surface area contributed by atoms with Gasteiger partial charge in [-0.25, -0.2) is 4.79 Å². The molecule has 1 aromatic rings. The maximum Gasteiger partial charge on any atom is 0.343 e. The van der Waals surface area contributed by atoms with Crippen molar-refractivity contribution in [2.75, 3.05) is 7.11 Å². The number of cyclic esters (lactones) is 1. The molecule has 0 saturated carbocycles. The molecule has 16 heavy (non-hydrogen) atoms. The van der Waals surface area contributed by atoms with Crippen molar-refractivity contribution in [2.24, 2.45) is 0 Å². The van der Waals surface area contributed by atoms with Gasteiger partial charge in [0, 0.05) is 5.56 Å². The van der Waals surface area contributed by atoms with Gasteiger partial charge in [-0.05, 0) is 26.0 Å². The van der Waals surface area contributed by atoms with Crippen molar-refractivity contribution in [3.63, 3.8) is 0 Å². The SMILES string of the molecule is COc1cc(C#N)cc2c1C(=O)OC2(C)C. The molecule has 0 aliphatic carbocycles. The molecule has 0 unspecified atom stereocenters. The molecule has 0 N–H and O–H groups in total. The number of hydrogen-bond acceptors (Lipinski definition) is 4. The zero-order chi connectivity index (χ0) is 11.9. The van der Waals surface area contributed by atoms with Crippen LogP contribution in [-0.2, 0) is 10.3 Å². The van der Waals surface area contributed by atoms with Gasteiger partial charge < -0.3 is 9.47 Å². The summed E-state index contributed by atoms with van der Waals surface area (Å²) in [4.78, 5) is 11.7. The van der Waals surface area contributed by atoms with E-state index in [4.69, 9.17) is 14.7 Å². The van der Waals surface area contributed by atoms with Crippen molar-refractivity contribution < 1.29 is 14.3 Å². The topological polar surface area (TPSA) is 59.3 Å². The van der Waals surface area contributed by atoms with Crippen LogP contribution in [0, 0.1) is 11.3 Å². The summed E-state index contributed by atoms with van der Waals surface area (Å²) in [6.45, 7) is 3.58. The maximum absolute atomic E-state index is 11.7. The molecule has 1 aliphatic rings. The molecule has 1 heterocycles. The van der Waals surface area contributed by atoms with Gasteiger partial charge in [0.05, 0.1) is 18.7 Å². The fraction of sp³-hybridized carbons (Fsp3) is 0.333. The molecule has 0 atom stereocenters. The highest BCUT2D eigenvalue weighted by Gasteiger charge is 2.40. The molecule has 0 aromatic heterocycles. The second-order valence-electron chi connectivity index (χ2n) is 4.11. The smallest absolute Gasteiger partial charge is 0.343 e. The fourth-order valence-corrected chi connectivity index (χ4v) is 1.86. The molecule has 2 rings (SSSR count). The van der Waals surface area contributed by atoms with Crippen LogP contribution in [-0.4, -0.2) is 13.1 Å². The first-order valence-electron chi connectivity index (χ1n) is 4.85. The number of carbonyl (C=O) groups excluding carboxylic acids is 1. The minimum atomic E-state index is -0.702. The summed E-state index contributed by atoms with van der Waals surface area (Å²) in [6.07, 6.45) is 0. The third-order valence-corrected chi connectivity index (χ3v) is 2.65. The number of rotatable bonds is 1. The first-order chi connectivity index (χ1) is 7.49. The third-order valence-electron chi connectivity index (χ3n) is 2.65. The van der Waals surface area contributed by atoms with Crippen molar-refractivity contribution in [2.45, 2.75) is 19.4 Å². The fourth-order valence-electron chi connectivity index (χ4n) is 1.86. The van der Waals surface area contributed by atoms with E-state index >= 15 is 0 Å². The first-order valence-corrected chi connectivity index (χ1v) is 4.85. The summed E-state index contributed by atoms with van der Waals surface area (Å²) in [6, 6.07) is 5.25. The Kier molecular flexibility index (Phi) is 2.13. The Morgan fingerprint density at radius 2 is 2.12 bits per heavy atom. The zero-order valence-corrected chi connectivity index (χ0v) is 9.33. The summed E-state index contributed by atoms with van der Waals surface area (Å²) >= 11 is 0. The van der Waals surface area contributed by atoms with Gasteiger partial charge in [0.15, 0.2) is 0 Å². The molecule has 0 amide bonds. The minimum Gasteiger partial charge on any atom is -0.496 e. The Morgan fingerprint density at radius 3 is 2.69 bits per heavy atom. The molecule has 0 saturated heterocycles. The number of nitriles is 1. The third kappa shape index (κ3) is 1.33. The van der Waals surface area contributed by atoms with Gasteiger partial charge in [0.2, 0.25) is 0 Å². The summed E-state index contributed by atoms with van der Waals surface area (Å²) in [7, 11) is 1.47. The van der Waals surface area contributed by atoms with E-state index in [0.717, 1.165) is 0 Å². The molecule has 1 aromatic carbocycles. The largest absolute Gasteiger partial charge is 0.496 e. The highest BCUT2D eigenvalue weighted by Crippen LogP contribution is 2.40. The van der Waals surface area contributed by atoms with Crippen LogP contribution in [0.5, 0.6) is 5.75 Å². The molecular weight excluding hydrogens is 206 g/mol. The Balaban J connectivity index is 2.75. The Bertz CT molecular complexity index is 512. The molecule has 1 aliphatic heterocycles. The van der Waals surface area contributed by atoms with Crippen LogP contribution in [0.1, 0.15) is 35.3 Å². The van der Waals surface area contributed by atoms with Crippen LogP contribution in [0.25, 0.3) is 0 Å². The van der Waals surface area contributed by atoms with Gasteiger partial charge in [-0.2, -0.15) is 5.26 Å². The van der Waals surface area contributed by atoms with Crippen LogP contribution in [0.2, 0.25) is 0 Å². The lowest BCUT2D eigenvalue weighted by Gasteiger charge is -2.17. The lowest BCUT2D eigenvalue weighted by Crippen LogP contribution is -2.16. The highest BCUT2D eigenvalue weighted by molar-refractivity contribution is 5.97. The number of carbonyl (C=O) groups is 1. The minimum absolute atomic E-state index is 0.393. The van der Waals surface area contributed by atoms with Gasteiger partial charge in [0.1, 0.15) is 16.9 Å². The van der Waals surface area contributed by atoms with E-state index < -0.39 is 11.6 Å². The Morgan fingerprint density at radius 1 is 1.44 bits per heavy atom. The number of hydrogen-bond donors (Lipinski definition) is 0. The van der Waals surface area contributed by atoms with Crippen LogP contribution >= 0.6 is 0 Å². The van der Waals surface area contributed by atoms with E-state index in [1.165, 1.54) is 7.11 Å². The first kappa shape index (κ1) is 10.5. The second kappa shape index (κ2) is 3.24. The van der Waals surface area contributed by atoms with Crippen molar-refractivity contribution in [3.05, 3.63) is 28.8 Å². The molecule has 0 spiro atoms. The number of fused-ring (bicyclic) bond motifs is 1. The number of nitrogens with zero attached hydrogens (tertiary/aromatic N) is 1. The maximum atomic E-state index is 11.7. The van der Waals surface area contributed by atoms with E-state index in [1.54, 1.807) is 26.0 Å². The quantitative estimate of drug-likeness (QED) is 0.675. The van der Waals surface area contributed by atoms with E-state index in [1.807, 2.05) is 6.07 Å². The monoisotopic (exact) mass is 217 g/mol. The average molecular weight is 217 g/mol. The van der Waals surface area contributed by atoms with E-state index in [-0.39, 0.29) is 0 Å². The summed E-state index contributed by atoms with van der Waals surface area (Å²) in [5.41, 5.74) is 0.883. The van der Waals surface area contributed by atoms with Crippen molar-refractivity contribution in [1.82, 2.24) is 0 Å². The lowest BCUT2D eigenvalue weighted by atomic mass is 9.93. The van der Waals surface area contributed by atoms with Crippen LogP contribution < -0.4 is 4.74 Å². The van der Waals surface area contributed by atoms with E-state index in [2.05, 4.69) is 0 Å². The van der Waals surface area contributed by atoms with Crippen LogP contribution in [0.15, 0.2) is 12.1 Å². The molecule has 0 bridgehead atoms. The predicted molar refractivity (Wildman–Crippen MR) is 56.2 cm³/mol. The van der Waals surface area contributed by atoms with Gasteiger partial charge in [-0.1, -0.05) is 0 Å². The Hall–Kier alpha value is -2.02. The molecule has 0 radical (unpaired) electrons. The number of esters is 1. The highest BCUT2D eigenvalue weighted by atomic mass is 16.6. The van der Waals surface area contributed by atoms with Gasteiger partial charge >= 0.3 is 5.97 Å². The van der Waals surface area contributed by atoms with Crippen molar-refractivity contribution in [1.29, 1.82) is 5.26 Å². The normalized spacial score (nSPS) is 16.2. The molecule has 4 nitrogen and oxygen atoms in total. The van der Waals surface area contributed by atoms with Gasteiger partial charge in [-0.15, -0.1) is 0 Å².